The summed E-state index contributed by atoms with van der Waals surface area (Å²) in [6, 6.07) is 21.2. The van der Waals surface area contributed by atoms with Crippen LogP contribution >= 0.6 is 11.7 Å². The summed E-state index contributed by atoms with van der Waals surface area (Å²) in [4.78, 5) is 43.6. The smallest absolute Gasteiger partial charge is 0.342 e. The lowest BCUT2D eigenvalue weighted by Crippen LogP contribution is -2.29. The molecule has 0 radical (unpaired) electrons. The first-order valence-corrected chi connectivity index (χ1v) is 14.4. The van der Waals surface area contributed by atoms with Gasteiger partial charge in [-0.05, 0) is 53.6 Å². The average Bonchev–Trinajstić information content (AvgIpc) is 3.66. The number of aliphatic hydroxyl groups is 1. The number of benzene rings is 4. The predicted molar refractivity (Wildman–Crippen MR) is 169 cm³/mol. The SMILES string of the molecule is COc1ccc(C2(O)OC(=O)C(c3ccc4nsnc4c3)=C2Cc2ccc([N+](=O)[O-])cc2)cc1OC.O=Cc1ccc([N+](=O)[O-])cc1. The highest BCUT2D eigenvalue weighted by atomic mass is 32.1. The lowest BCUT2D eigenvalue weighted by atomic mass is 9.88. The number of nitro benzene ring substituents is 2. The molecule has 4 aromatic carbocycles. The van der Waals surface area contributed by atoms with Gasteiger partial charge in [-0.2, -0.15) is 8.75 Å². The third-order valence-electron chi connectivity index (χ3n) is 7.24. The van der Waals surface area contributed by atoms with E-state index in [2.05, 4.69) is 8.75 Å². The van der Waals surface area contributed by atoms with Crippen molar-refractivity contribution >= 4 is 52.0 Å². The van der Waals surface area contributed by atoms with Crippen LogP contribution in [0.15, 0.2) is 90.5 Å². The van der Waals surface area contributed by atoms with Gasteiger partial charge in [0, 0.05) is 47.4 Å². The number of methoxy groups -OCH3 is 2. The van der Waals surface area contributed by atoms with Gasteiger partial charge in [-0.15, -0.1) is 0 Å². The number of fused-ring (bicyclic) bond motifs is 1. The van der Waals surface area contributed by atoms with Gasteiger partial charge in [0.25, 0.3) is 17.2 Å². The Morgan fingerprint density at radius 2 is 1.47 bits per heavy atom. The molecule has 15 heteroatoms. The Hall–Kier alpha value is -6.06. The highest BCUT2D eigenvalue weighted by Gasteiger charge is 2.48. The van der Waals surface area contributed by atoms with Gasteiger partial charge in [-0.1, -0.05) is 18.2 Å². The third-order valence-corrected chi connectivity index (χ3v) is 7.80. The Bertz CT molecular complexity index is 2030. The molecule has 0 spiro atoms. The maximum absolute atomic E-state index is 13.2. The van der Waals surface area contributed by atoms with Gasteiger partial charge >= 0.3 is 5.97 Å². The zero-order valence-corrected chi connectivity index (χ0v) is 25.5. The molecule has 0 amide bonds. The van der Waals surface area contributed by atoms with E-state index < -0.39 is 21.6 Å². The maximum atomic E-state index is 13.2. The fraction of sp³-hybridized carbons (Fsp3) is 0.125. The van der Waals surface area contributed by atoms with E-state index >= 15 is 0 Å². The summed E-state index contributed by atoms with van der Waals surface area (Å²) >= 11 is 1.05. The van der Waals surface area contributed by atoms with Gasteiger partial charge < -0.3 is 19.3 Å². The van der Waals surface area contributed by atoms with E-state index in [1.54, 1.807) is 48.5 Å². The summed E-state index contributed by atoms with van der Waals surface area (Å²) < 4.78 is 24.7. The second kappa shape index (κ2) is 13.5. The molecule has 0 fully saturated rings. The highest BCUT2D eigenvalue weighted by Crippen LogP contribution is 2.46. The number of esters is 1. The molecule has 14 nitrogen and oxygen atoms in total. The molecule has 6 rings (SSSR count). The summed E-state index contributed by atoms with van der Waals surface area (Å²) in [5, 5.41) is 33.1. The number of nitro groups is 2. The zero-order chi connectivity index (χ0) is 33.7. The van der Waals surface area contributed by atoms with Crippen LogP contribution in [0.2, 0.25) is 0 Å². The molecular formula is C32H24N4O10S. The molecule has 0 bridgehead atoms. The van der Waals surface area contributed by atoms with Crippen LogP contribution in [0.1, 0.15) is 27.0 Å². The molecule has 1 aliphatic rings. The minimum absolute atomic E-state index is 0.00407. The first-order valence-electron chi connectivity index (χ1n) is 13.7. The maximum Gasteiger partial charge on any atom is 0.342 e. The third kappa shape index (κ3) is 6.66. The second-order valence-corrected chi connectivity index (χ2v) is 10.5. The van der Waals surface area contributed by atoms with Crippen molar-refractivity contribution in [1.29, 1.82) is 0 Å². The van der Waals surface area contributed by atoms with Crippen molar-refractivity contribution in [3.05, 3.63) is 133 Å². The lowest BCUT2D eigenvalue weighted by molar-refractivity contribution is -0.385. The van der Waals surface area contributed by atoms with Gasteiger partial charge in [0.2, 0.25) is 0 Å². The molecule has 238 valence electrons. The largest absolute Gasteiger partial charge is 0.493 e. The summed E-state index contributed by atoms with van der Waals surface area (Å²) in [7, 11) is 2.95. The molecule has 1 aromatic heterocycles. The molecule has 1 unspecified atom stereocenters. The minimum Gasteiger partial charge on any atom is -0.493 e. The van der Waals surface area contributed by atoms with E-state index in [9.17, 15) is 34.9 Å². The van der Waals surface area contributed by atoms with Crippen molar-refractivity contribution in [3.8, 4) is 11.5 Å². The van der Waals surface area contributed by atoms with Crippen molar-refractivity contribution in [2.24, 2.45) is 0 Å². The van der Waals surface area contributed by atoms with Crippen LogP contribution < -0.4 is 9.47 Å². The minimum atomic E-state index is -2.12. The average molecular weight is 657 g/mol. The number of carbonyl (C=O) groups excluding carboxylic acids is 2. The number of hydrogen-bond acceptors (Lipinski definition) is 13. The topological polar surface area (TPSA) is 194 Å². The molecule has 1 atom stereocenters. The number of ether oxygens (including phenoxy) is 3. The number of non-ortho nitro benzene ring substituents is 2. The van der Waals surface area contributed by atoms with Crippen LogP contribution in [0.5, 0.6) is 11.5 Å². The number of carbonyl (C=O) groups is 2. The normalized spacial score (nSPS) is 15.4. The molecule has 0 saturated heterocycles. The summed E-state index contributed by atoms with van der Waals surface area (Å²) in [5.74, 6) is -2.05. The summed E-state index contributed by atoms with van der Waals surface area (Å²) in [6.07, 6.45) is 0.723. The summed E-state index contributed by atoms with van der Waals surface area (Å²) in [6.45, 7) is 0. The van der Waals surface area contributed by atoms with Crippen LogP contribution in [-0.2, 0) is 21.7 Å². The quantitative estimate of drug-likeness (QED) is 0.0917. The number of cyclic esters (lactones) is 1. The molecule has 0 saturated carbocycles. The number of aromatic nitrogens is 2. The van der Waals surface area contributed by atoms with E-state index in [-0.39, 0.29) is 34.5 Å². The molecule has 47 heavy (non-hydrogen) atoms. The second-order valence-electron chi connectivity index (χ2n) is 9.99. The molecule has 0 aliphatic carbocycles. The van der Waals surface area contributed by atoms with Gasteiger partial charge in [0.15, 0.2) is 11.5 Å². The van der Waals surface area contributed by atoms with E-state index in [1.165, 1.54) is 50.6 Å². The first-order chi connectivity index (χ1) is 22.6. The lowest BCUT2D eigenvalue weighted by Gasteiger charge is -2.26. The van der Waals surface area contributed by atoms with Gasteiger partial charge in [0.05, 0.1) is 41.4 Å². The van der Waals surface area contributed by atoms with Gasteiger partial charge in [-0.25, -0.2) is 4.79 Å². The number of aldehydes is 1. The Morgan fingerprint density at radius 3 is 2.06 bits per heavy atom. The Morgan fingerprint density at radius 1 is 0.851 bits per heavy atom. The van der Waals surface area contributed by atoms with Crippen molar-refractivity contribution in [1.82, 2.24) is 8.75 Å². The van der Waals surface area contributed by atoms with Crippen molar-refractivity contribution in [3.63, 3.8) is 0 Å². The number of nitrogens with zero attached hydrogens (tertiary/aromatic N) is 4. The molecule has 5 aromatic rings. The van der Waals surface area contributed by atoms with E-state index in [1.807, 2.05) is 0 Å². The predicted octanol–water partition coefficient (Wildman–Crippen LogP) is 5.42. The first kappa shape index (κ1) is 32.3. The van der Waals surface area contributed by atoms with Crippen LogP contribution in [0.25, 0.3) is 16.6 Å². The fourth-order valence-electron chi connectivity index (χ4n) is 4.87. The molecule has 1 aliphatic heterocycles. The Balaban J connectivity index is 0.000000335. The Kier molecular flexibility index (Phi) is 9.30. The number of rotatable bonds is 9. The molecular weight excluding hydrogens is 632 g/mol. The standard InChI is InChI=1S/C25H19N3O7S.C7H5NO3/c1-33-21-10-6-16(13-22(21)34-2)25(30)18(11-14-3-7-17(8-4-14)28(31)32)23(24(29)35-25)15-5-9-19-20(12-15)27-36-26-19;9-5-6-1-3-7(4-2-6)8(10)11/h3-10,12-13,30H,11H2,1-2H3;1-5H. The Labute approximate surface area is 270 Å². The zero-order valence-electron chi connectivity index (χ0n) is 24.7. The van der Waals surface area contributed by atoms with Crippen molar-refractivity contribution in [2.75, 3.05) is 14.2 Å². The summed E-state index contributed by atoms with van der Waals surface area (Å²) in [5.41, 5.74) is 3.52. The van der Waals surface area contributed by atoms with Crippen LogP contribution in [0.4, 0.5) is 11.4 Å². The van der Waals surface area contributed by atoms with E-state index in [0.29, 0.717) is 45.5 Å². The number of hydrogen-bond donors (Lipinski definition) is 1. The van der Waals surface area contributed by atoms with Gasteiger partial charge in [-0.3, -0.25) is 25.0 Å². The highest BCUT2D eigenvalue weighted by molar-refractivity contribution is 7.00. The van der Waals surface area contributed by atoms with E-state index in [4.69, 9.17) is 14.2 Å². The van der Waals surface area contributed by atoms with Crippen LogP contribution in [0, 0.1) is 20.2 Å². The molecule has 2 heterocycles. The molecule has 1 N–H and O–H groups in total. The van der Waals surface area contributed by atoms with Crippen molar-refractivity contribution < 1.29 is 38.8 Å². The fourth-order valence-corrected chi connectivity index (χ4v) is 5.39. The van der Waals surface area contributed by atoms with Gasteiger partial charge in [0.1, 0.15) is 17.3 Å². The van der Waals surface area contributed by atoms with Crippen LogP contribution in [0.3, 0.4) is 0 Å². The van der Waals surface area contributed by atoms with Crippen LogP contribution in [-0.4, -0.2) is 50.2 Å². The van der Waals surface area contributed by atoms with Crippen molar-refractivity contribution in [2.45, 2.75) is 12.2 Å². The monoisotopic (exact) mass is 656 g/mol. The van der Waals surface area contributed by atoms with E-state index in [0.717, 1.165) is 11.7 Å².